The van der Waals surface area contributed by atoms with E-state index >= 15 is 0 Å². The van der Waals surface area contributed by atoms with Crippen molar-refractivity contribution in [2.24, 2.45) is 12.5 Å². The lowest BCUT2D eigenvalue weighted by Crippen LogP contribution is -2.49. The zero-order chi connectivity index (χ0) is 30.6. The highest BCUT2D eigenvalue weighted by atomic mass is 16.2. The molecule has 3 N–H and O–H groups in total. The van der Waals surface area contributed by atoms with E-state index in [4.69, 9.17) is 5.73 Å². The fraction of sp³-hybridized carbons (Fsp3) is 0.364. The number of carbonyl (C=O) groups excluding carboxylic acids is 1. The Kier molecular flexibility index (Phi) is 6.74. The molecule has 1 saturated heterocycles. The van der Waals surface area contributed by atoms with Gasteiger partial charge in [-0.1, -0.05) is 24.0 Å². The summed E-state index contributed by atoms with van der Waals surface area (Å²) in [6.07, 6.45) is 11.0. The third-order valence-corrected chi connectivity index (χ3v) is 9.35. The number of anilines is 1. The maximum absolute atomic E-state index is 14.5. The first-order valence-corrected chi connectivity index (χ1v) is 15.0. The molecule has 1 spiro atoms. The van der Waals surface area contributed by atoms with Gasteiger partial charge in [0.05, 0.1) is 23.2 Å². The lowest BCUT2D eigenvalue weighted by Gasteiger charge is -2.52. The third kappa shape index (κ3) is 4.81. The molecule has 2 fully saturated rings. The van der Waals surface area contributed by atoms with Gasteiger partial charge in [0, 0.05) is 42.9 Å². The number of aromatic nitrogens is 6. The zero-order valence-corrected chi connectivity index (χ0v) is 25.1. The van der Waals surface area contributed by atoms with Gasteiger partial charge in [-0.2, -0.15) is 5.10 Å². The van der Waals surface area contributed by atoms with Crippen LogP contribution in [0.2, 0.25) is 0 Å². The Hall–Kier alpha value is -4.95. The summed E-state index contributed by atoms with van der Waals surface area (Å²) >= 11 is 0. The summed E-state index contributed by atoms with van der Waals surface area (Å²) in [6, 6.07) is 9.03. The Balaban J connectivity index is 1.29. The number of aryl methyl sites for hydroxylation is 1. The Morgan fingerprint density at radius 3 is 2.70 bits per heavy atom. The van der Waals surface area contributed by atoms with Gasteiger partial charge in [0.25, 0.3) is 11.5 Å². The lowest BCUT2D eigenvalue weighted by molar-refractivity contribution is -0.00299. The second-order valence-corrected chi connectivity index (χ2v) is 12.4. The van der Waals surface area contributed by atoms with Gasteiger partial charge in [0.1, 0.15) is 5.56 Å². The van der Waals surface area contributed by atoms with Crippen molar-refractivity contribution in [3.8, 4) is 11.8 Å². The molecule has 1 aliphatic heterocycles. The topological polar surface area (TPSA) is 128 Å². The van der Waals surface area contributed by atoms with E-state index in [1.807, 2.05) is 49.0 Å². The molecule has 1 aliphatic carbocycles. The molecule has 1 atom stereocenters. The molecule has 224 valence electrons. The van der Waals surface area contributed by atoms with Gasteiger partial charge in [-0.05, 0) is 81.7 Å². The van der Waals surface area contributed by atoms with Crippen LogP contribution in [0.15, 0.2) is 59.9 Å². The van der Waals surface area contributed by atoms with E-state index in [-0.39, 0.29) is 34.3 Å². The number of rotatable bonds is 4. The quantitative estimate of drug-likeness (QED) is 0.308. The summed E-state index contributed by atoms with van der Waals surface area (Å²) in [4.78, 5) is 34.8. The largest absolute Gasteiger partial charge is 0.381 e. The standard InChI is InChI=1S/C33H35N9O2/c1-21(37-31(43)28-29(34)38-41-13-5-12-35-30(28)41)26-16-24-7-4-6-23(9-8-22-19-36-40(3)20-22)27(24)32(44)42(26)25-17-33(18-25)10-14-39(2)15-11-33/h4-7,12-13,16,19-21,25H,10-11,14-15,17-18H2,1-3H3,(H2,34,38)(H,37,43). The summed E-state index contributed by atoms with van der Waals surface area (Å²) < 4.78 is 5.11. The minimum Gasteiger partial charge on any atom is -0.381 e. The van der Waals surface area contributed by atoms with Gasteiger partial charge in [0.2, 0.25) is 0 Å². The van der Waals surface area contributed by atoms with Crippen molar-refractivity contribution in [1.82, 2.24) is 39.2 Å². The van der Waals surface area contributed by atoms with Gasteiger partial charge in [0.15, 0.2) is 11.5 Å². The van der Waals surface area contributed by atoms with Crippen LogP contribution in [-0.2, 0) is 7.05 Å². The van der Waals surface area contributed by atoms with Crippen molar-refractivity contribution in [3.63, 3.8) is 0 Å². The van der Waals surface area contributed by atoms with E-state index in [0.29, 0.717) is 16.6 Å². The van der Waals surface area contributed by atoms with Crippen LogP contribution >= 0.6 is 0 Å². The number of nitrogens with two attached hydrogens (primary N) is 1. The van der Waals surface area contributed by atoms with Gasteiger partial charge in [-0.25, -0.2) is 9.50 Å². The summed E-state index contributed by atoms with van der Waals surface area (Å²) in [5, 5.41) is 12.9. The average Bonchev–Trinajstić information content (AvgIpc) is 3.56. The number of hydrogen-bond donors (Lipinski definition) is 2. The van der Waals surface area contributed by atoms with E-state index in [2.05, 4.69) is 44.3 Å². The first kappa shape index (κ1) is 27.9. The molecule has 4 aromatic heterocycles. The van der Waals surface area contributed by atoms with Crippen LogP contribution in [0, 0.1) is 17.3 Å². The molecule has 0 bridgehead atoms. The van der Waals surface area contributed by atoms with Crippen molar-refractivity contribution < 1.29 is 4.79 Å². The number of hydrogen-bond acceptors (Lipinski definition) is 7. The number of pyridine rings is 1. The second-order valence-electron chi connectivity index (χ2n) is 12.4. The number of piperidine rings is 1. The Morgan fingerprint density at radius 2 is 1.95 bits per heavy atom. The van der Waals surface area contributed by atoms with Crippen LogP contribution in [-0.4, -0.2) is 59.9 Å². The normalized spacial score (nSPS) is 17.3. The average molecular weight is 590 g/mol. The maximum Gasteiger partial charge on any atom is 0.260 e. The molecule has 5 heterocycles. The molecule has 2 aliphatic rings. The smallest absolute Gasteiger partial charge is 0.260 e. The monoisotopic (exact) mass is 589 g/mol. The lowest BCUT2D eigenvalue weighted by atomic mass is 9.60. The Bertz CT molecular complexity index is 2030. The van der Waals surface area contributed by atoms with Crippen LogP contribution < -0.4 is 16.6 Å². The van der Waals surface area contributed by atoms with E-state index in [1.54, 1.807) is 29.3 Å². The van der Waals surface area contributed by atoms with Gasteiger partial charge in [-0.3, -0.25) is 14.3 Å². The molecule has 1 aromatic carbocycles. The highest BCUT2D eigenvalue weighted by molar-refractivity contribution is 6.04. The summed E-state index contributed by atoms with van der Waals surface area (Å²) in [6.45, 7) is 4.05. The van der Waals surface area contributed by atoms with E-state index in [0.717, 1.165) is 55.4 Å². The molecule has 7 rings (SSSR count). The van der Waals surface area contributed by atoms with Crippen LogP contribution in [0.25, 0.3) is 16.4 Å². The summed E-state index contributed by atoms with van der Waals surface area (Å²) in [7, 11) is 4.01. The molecular weight excluding hydrogens is 554 g/mol. The molecule has 44 heavy (non-hydrogen) atoms. The van der Waals surface area contributed by atoms with Gasteiger partial charge >= 0.3 is 0 Å². The minimum atomic E-state index is -0.489. The van der Waals surface area contributed by atoms with Crippen molar-refractivity contribution in [1.29, 1.82) is 0 Å². The molecular formula is C33H35N9O2. The van der Waals surface area contributed by atoms with Crippen LogP contribution in [0.4, 0.5) is 5.82 Å². The molecule has 11 nitrogen and oxygen atoms in total. The number of carbonyl (C=O) groups is 1. The minimum absolute atomic E-state index is 0.0349. The summed E-state index contributed by atoms with van der Waals surface area (Å²) in [5.41, 5.74) is 9.12. The SMILES string of the molecule is CC(NC(=O)c1c(N)nn2cccnc12)c1cc2cccc(C#Cc3cnn(C)c3)c2c(=O)n1C1CC2(CCN(C)CC2)C1. The van der Waals surface area contributed by atoms with Crippen molar-refractivity contribution >= 4 is 28.1 Å². The first-order valence-electron chi connectivity index (χ1n) is 15.0. The number of nitrogens with zero attached hydrogens (tertiary/aromatic N) is 7. The molecule has 5 aromatic rings. The fourth-order valence-electron chi connectivity index (χ4n) is 6.92. The molecule has 0 radical (unpaired) electrons. The first-order chi connectivity index (χ1) is 21.2. The molecule has 11 heteroatoms. The predicted molar refractivity (Wildman–Crippen MR) is 168 cm³/mol. The maximum atomic E-state index is 14.5. The number of nitrogens with one attached hydrogen (secondary N) is 1. The second kappa shape index (κ2) is 10.6. The van der Waals surface area contributed by atoms with E-state index < -0.39 is 6.04 Å². The number of amides is 1. The van der Waals surface area contributed by atoms with Crippen LogP contribution in [0.3, 0.4) is 0 Å². The number of likely N-dealkylation sites (tertiary alicyclic amines) is 1. The van der Waals surface area contributed by atoms with Crippen LogP contribution in [0.1, 0.15) is 71.9 Å². The molecule has 1 unspecified atom stereocenters. The van der Waals surface area contributed by atoms with Crippen LogP contribution in [0.5, 0.6) is 0 Å². The van der Waals surface area contributed by atoms with Crippen molar-refractivity contribution in [2.75, 3.05) is 25.9 Å². The third-order valence-electron chi connectivity index (χ3n) is 9.35. The van der Waals surface area contributed by atoms with E-state index in [9.17, 15) is 9.59 Å². The Morgan fingerprint density at radius 1 is 1.16 bits per heavy atom. The molecule has 1 amide bonds. The highest BCUT2D eigenvalue weighted by Gasteiger charge is 2.47. The fourth-order valence-corrected chi connectivity index (χ4v) is 6.92. The number of benzene rings is 1. The van der Waals surface area contributed by atoms with Gasteiger partial charge in [-0.15, -0.1) is 5.10 Å². The highest BCUT2D eigenvalue weighted by Crippen LogP contribution is 2.54. The molecule has 1 saturated carbocycles. The predicted octanol–water partition coefficient (Wildman–Crippen LogP) is 3.30. The summed E-state index contributed by atoms with van der Waals surface area (Å²) in [5.74, 6) is 6.09. The van der Waals surface area contributed by atoms with E-state index in [1.165, 1.54) is 4.52 Å². The number of fused-ring (bicyclic) bond motifs is 2. The van der Waals surface area contributed by atoms with Gasteiger partial charge < -0.3 is 20.5 Å². The van der Waals surface area contributed by atoms with Crippen molar-refractivity contribution in [2.45, 2.75) is 44.7 Å². The Labute approximate surface area is 254 Å². The van der Waals surface area contributed by atoms with Crippen molar-refractivity contribution in [3.05, 3.63) is 87.9 Å². The number of nitrogen functional groups attached to an aromatic ring is 1. The zero-order valence-electron chi connectivity index (χ0n) is 25.1.